The highest BCUT2D eigenvalue weighted by Gasteiger charge is 2.15. The second-order valence-corrected chi connectivity index (χ2v) is 6.28. The van der Waals surface area contributed by atoms with Crippen LogP contribution in [-0.4, -0.2) is 14.5 Å². The van der Waals surface area contributed by atoms with E-state index in [1.165, 1.54) is 5.56 Å². The predicted molar refractivity (Wildman–Crippen MR) is 84.6 cm³/mol. The fourth-order valence-corrected chi connectivity index (χ4v) is 3.19. The molecule has 2 aromatic heterocycles. The number of para-hydroxylation sites is 1. The van der Waals surface area contributed by atoms with Crippen molar-refractivity contribution in [2.45, 2.75) is 32.2 Å². The number of halogens is 1. The van der Waals surface area contributed by atoms with Crippen molar-refractivity contribution in [2.24, 2.45) is 0 Å². The number of hydrogen-bond donors (Lipinski definition) is 0. The van der Waals surface area contributed by atoms with E-state index in [1.807, 2.05) is 12.4 Å². The van der Waals surface area contributed by atoms with Crippen molar-refractivity contribution in [3.8, 4) is 0 Å². The highest BCUT2D eigenvalue weighted by atomic mass is 35.5. The van der Waals surface area contributed by atoms with Gasteiger partial charge in [-0.05, 0) is 25.5 Å². The molecular weight excluding hydrogens is 290 g/mol. The third kappa shape index (κ3) is 2.45. The highest BCUT2D eigenvalue weighted by molar-refractivity contribution is 7.07. The van der Waals surface area contributed by atoms with Crippen LogP contribution in [0.15, 0.2) is 29.1 Å². The number of benzene rings is 1. The summed E-state index contributed by atoms with van der Waals surface area (Å²) in [5.41, 5.74) is 6.39. The maximum absolute atomic E-state index is 6.30. The van der Waals surface area contributed by atoms with Gasteiger partial charge in [0, 0.05) is 18.3 Å². The van der Waals surface area contributed by atoms with Crippen LogP contribution in [-0.2, 0) is 13.0 Å². The lowest BCUT2D eigenvalue weighted by atomic mass is 10.2. The van der Waals surface area contributed by atoms with E-state index in [1.54, 1.807) is 11.3 Å². The number of aromatic nitrogens is 3. The minimum atomic E-state index is -0.0998. The standard InChI is InChI=1S/C15H16ClN3S/c1-10-4-3-5-13-14(10)18-15(11(2)16)19(13)7-6-12-8-20-9-17-12/h3-5,8-9,11H,6-7H2,1-2H3. The number of aryl methyl sites for hydroxylation is 3. The molecule has 0 saturated heterocycles. The van der Waals surface area contributed by atoms with Crippen molar-refractivity contribution >= 4 is 34.0 Å². The molecule has 2 heterocycles. The Morgan fingerprint density at radius 2 is 2.25 bits per heavy atom. The molecule has 3 rings (SSSR count). The van der Waals surface area contributed by atoms with Crippen LogP contribution in [0.5, 0.6) is 0 Å². The summed E-state index contributed by atoms with van der Waals surface area (Å²) in [6, 6.07) is 6.27. The topological polar surface area (TPSA) is 30.7 Å². The van der Waals surface area contributed by atoms with E-state index in [9.17, 15) is 0 Å². The summed E-state index contributed by atoms with van der Waals surface area (Å²) in [6.45, 7) is 4.91. The minimum Gasteiger partial charge on any atom is -0.326 e. The van der Waals surface area contributed by atoms with Gasteiger partial charge in [-0.3, -0.25) is 0 Å². The molecule has 0 bridgehead atoms. The summed E-state index contributed by atoms with van der Waals surface area (Å²) >= 11 is 7.93. The number of rotatable bonds is 4. The van der Waals surface area contributed by atoms with Crippen LogP contribution in [0, 0.1) is 6.92 Å². The average Bonchev–Trinajstić information content (AvgIpc) is 3.03. The minimum absolute atomic E-state index is 0.0998. The fourth-order valence-electron chi connectivity index (χ4n) is 2.43. The quantitative estimate of drug-likeness (QED) is 0.671. The molecule has 0 fully saturated rings. The first kappa shape index (κ1) is 13.6. The highest BCUT2D eigenvalue weighted by Crippen LogP contribution is 2.26. The zero-order valence-electron chi connectivity index (χ0n) is 11.5. The average molecular weight is 306 g/mol. The van der Waals surface area contributed by atoms with E-state index in [2.05, 4.69) is 40.1 Å². The first-order valence-electron chi connectivity index (χ1n) is 6.63. The molecule has 0 aliphatic rings. The molecule has 5 heteroatoms. The van der Waals surface area contributed by atoms with Crippen LogP contribution in [0.25, 0.3) is 11.0 Å². The fraction of sp³-hybridized carbons (Fsp3) is 0.333. The van der Waals surface area contributed by atoms with E-state index in [4.69, 9.17) is 16.6 Å². The third-order valence-electron chi connectivity index (χ3n) is 3.44. The third-order valence-corrected chi connectivity index (χ3v) is 4.27. The van der Waals surface area contributed by atoms with Gasteiger partial charge in [0.1, 0.15) is 5.82 Å². The van der Waals surface area contributed by atoms with Crippen LogP contribution >= 0.6 is 22.9 Å². The Morgan fingerprint density at radius 1 is 1.40 bits per heavy atom. The van der Waals surface area contributed by atoms with Gasteiger partial charge in [0.05, 0.1) is 27.6 Å². The molecule has 3 nitrogen and oxygen atoms in total. The number of imidazole rings is 1. The van der Waals surface area contributed by atoms with Crippen LogP contribution in [0.1, 0.15) is 29.4 Å². The number of nitrogens with zero attached hydrogens (tertiary/aromatic N) is 3. The lowest BCUT2D eigenvalue weighted by Gasteiger charge is -2.09. The monoisotopic (exact) mass is 305 g/mol. The lowest BCUT2D eigenvalue weighted by Crippen LogP contribution is -2.07. The van der Waals surface area contributed by atoms with Crippen LogP contribution in [0.4, 0.5) is 0 Å². The van der Waals surface area contributed by atoms with Gasteiger partial charge in [-0.15, -0.1) is 22.9 Å². The normalized spacial score (nSPS) is 12.9. The molecule has 0 amide bonds. The van der Waals surface area contributed by atoms with Crippen LogP contribution in [0.2, 0.25) is 0 Å². The van der Waals surface area contributed by atoms with E-state index in [-0.39, 0.29) is 5.38 Å². The van der Waals surface area contributed by atoms with E-state index >= 15 is 0 Å². The SMILES string of the molecule is Cc1cccc2c1nc(C(C)Cl)n2CCc1cscn1. The molecular formula is C15H16ClN3S. The molecule has 0 aliphatic heterocycles. The zero-order valence-corrected chi connectivity index (χ0v) is 13.1. The summed E-state index contributed by atoms with van der Waals surface area (Å²) in [7, 11) is 0. The van der Waals surface area contributed by atoms with E-state index < -0.39 is 0 Å². The Balaban J connectivity index is 2.02. The van der Waals surface area contributed by atoms with Crippen molar-refractivity contribution in [3.63, 3.8) is 0 Å². The number of thiazole rings is 1. The molecule has 0 saturated carbocycles. The Kier molecular flexibility index (Phi) is 3.76. The molecule has 1 unspecified atom stereocenters. The van der Waals surface area contributed by atoms with Gasteiger partial charge in [0.15, 0.2) is 0 Å². The van der Waals surface area contributed by atoms with Crippen molar-refractivity contribution in [1.29, 1.82) is 0 Å². The largest absolute Gasteiger partial charge is 0.326 e. The molecule has 104 valence electrons. The summed E-state index contributed by atoms with van der Waals surface area (Å²) in [6.07, 6.45) is 0.902. The summed E-state index contributed by atoms with van der Waals surface area (Å²) < 4.78 is 2.22. The van der Waals surface area contributed by atoms with E-state index in [0.717, 1.165) is 35.5 Å². The molecule has 0 N–H and O–H groups in total. The molecule has 0 aliphatic carbocycles. The smallest absolute Gasteiger partial charge is 0.127 e. The van der Waals surface area contributed by atoms with E-state index in [0.29, 0.717) is 0 Å². The summed E-state index contributed by atoms with van der Waals surface area (Å²) in [5.74, 6) is 0.936. The zero-order chi connectivity index (χ0) is 14.1. The van der Waals surface area contributed by atoms with Gasteiger partial charge in [-0.2, -0.15) is 0 Å². The second kappa shape index (κ2) is 5.54. The van der Waals surface area contributed by atoms with Gasteiger partial charge in [-0.1, -0.05) is 12.1 Å². The molecule has 3 aromatic rings. The summed E-state index contributed by atoms with van der Waals surface area (Å²) in [4.78, 5) is 9.06. The first-order valence-corrected chi connectivity index (χ1v) is 8.01. The van der Waals surface area contributed by atoms with Gasteiger partial charge in [-0.25, -0.2) is 9.97 Å². The second-order valence-electron chi connectivity index (χ2n) is 4.91. The Hall–Kier alpha value is -1.39. The maximum atomic E-state index is 6.30. The Morgan fingerprint density at radius 3 is 2.95 bits per heavy atom. The molecule has 1 atom stereocenters. The van der Waals surface area contributed by atoms with Gasteiger partial charge < -0.3 is 4.57 Å². The Bertz CT molecular complexity index is 716. The van der Waals surface area contributed by atoms with Gasteiger partial charge in [0.2, 0.25) is 0 Å². The molecule has 0 spiro atoms. The van der Waals surface area contributed by atoms with Crippen LogP contribution < -0.4 is 0 Å². The number of hydrogen-bond acceptors (Lipinski definition) is 3. The molecule has 1 aromatic carbocycles. The van der Waals surface area contributed by atoms with Crippen molar-refractivity contribution < 1.29 is 0 Å². The number of alkyl halides is 1. The Labute approximate surface area is 127 Å². The molecule has 20 heavy (non-hydrogen) atoms. The first-order chi connectivity index (χ1) is 9.66. The van der Waals surface area contributed by atoms with Crippen molar-refractivity contribution in [2.75, 3.05) is 0 Å². The summed E-state index contributed by atoms with van der Waals surface area (Å²) in [5, 5.41) is 1.99. The maximum Gasteiger partial charge on any atom is 0.127 e. The van der Waals surface area contributed by atoms with Crippen molar-refractivity contribution in [1.82, 2.24) is 14.5 Å². The van der Waals surface area contributed by atoms with Gasteiger partial charge in [0.25, 0.3) is 0 Å². The molecule has 0 radical (unpaired) electrons. The number of fused-ring (bicyclic) bond motifs is 1. The van der Waals surface area contributed by atoms with Gasteiger partial charge >= 0.3 is 0 Å². The predicted octanol–water partition coefficient (Wildman–Crippen LogP) is 4.34. The lowest BCUT2D eigenvalue weighted by molar-refractivity contribution is 0.662. The van der Waals surface area contributed by atoms with Crippen molar-refractivity contribution in [3.05, 3.63) is 46.2 Å². The van der Waals surface area contributed by atoms with Crippen LogP contribution in [0.3, 0.4) is 0 Å².